The van der Waals surface area contributed by atoms with E-state index in [0.29, 0.717) is 10.4 Å². The van der Waals surface area contributed by atoms with Crippen molar-refractivity contribution in [3.63, 3.8) is 0 Å². The lowest BCUT2D eigenvalue weighted by Gasteiger charge is -2.45. The molecule has 1 aromatic heterocycles. The molecule has 4 heteroatoms. The highest BCUT2D eigenvalue weighted by Crippen LogP contribution is 2.68. The van der Waals surface area contributed by atoms with Gasteiger partial charge in [0.2, 0.25) is 0 Å². The Hall–Kier alpha value is -1.06. The van der Waals surface area contributed by atoms with Crippen LogP contribution in [-0.4, -0.2) is 15.3 Å². The molecular formula is C13H13ClN2O. The predicted octanol–water partition coefficient (Wildman–Crippen LogP) is 2.98. The molecule has 0 saturated heterocycles. The molecule has 17 heavy (non-hydrogen) atoms. The lowest BCUT2D eigenvalue weighted by atomic mass is 9.64. The number of hydrogen-bond donors (Lipinski definition) is 2. The van der Waals surface area contributed by atoms with E-state index in [9.17, 15) is 5.11 Å². The smallest absolute Gasteiger partial charge is 0.0914 e. The standard InChI is InChI=1S/C13H13ClN2O/c14-8-3-10(9-5-15-16-11(9)4-8)13(17)6-12(7-13)1-2-12/h3-5,17H,1-2,6-7H2,(H,15,16). The second-order valence-corrected chi connectivity index (χ2v) is 6.11. The van der Waals surface area contributed by atoms with Gasteiger partial charge in [0.15, 0.2) is 0 Å². The molecule has 0 atom stereocenters. The van der Waals surface area contributed by atoms with E-state index >= 15 is 0 Å². The molecule has 0 unspecified atom stereocenters. The highest BCUT2D eigenvalue weighted by Gasteiger charge is 2.61. The summed E-state index contributed by atoms with van der Waals surface area (Å²) < 4.78 is 0. The van der Waals surface area contributed by atoms with Gasteiger partial charge < -0.3 is 5.11 Å². The van der Waals surface area contributed by atoms with Crippen molar-refractivity contribution in [1.29, 1.82) is 0 Å². The van der Waals surface area contributed by atoms with Crippen LogP contribution < -0.4 is 0 Å². The molecule has 2 aliphatic rings. The number of nitrogens with one attached hydrogen (secondary N) is 1. The minimum Gasteiger partial charge on any atom is -0.385 e. The third-order valence-electron chi connectivity index (χ3n) is 4.32. The fraction of sp³-hybridized carbons (Fsp3) is 0.462. The van der Waals surface area contributed by atoms with Gasteiger partial charge in [0.1, 0.15) is 0 Å². The van der Waals surface area contributed by atoms with E-state index in [1.807, 2.05) is 12.1 Å². The molecule has 4 rings (SSSR count). The first kappa shape index (κ1) is 9.92. The van der Waals surface area contributed by atoms with Crippen LogP contribution in [0.3, 0.4) is 0 Å². The average Bonchev–Trinajstić information content (AvgIpc) is 2.86. The van der Waals surface area contributed by atoms with Gasteiger partial charge in [0, 0.05) is 10.4 Å². The summed E-state index contributed by atoms with van der Waals surface area (Å²) in [7, 11) is 0. The number of nitrogens with zero attached hydrogens (tertiary/aromatic N) is 1. The zero-order valence-corrected chi connectivity index (χ0v) is 10.1. The molecule has 3 nitrogen and oxygen atoms in total. The Morgan fingerprint density at radius 3 is 2.76 bits per heavy atom. The van der Waals surface area contributed by atoms with Crippen LogP contribution in [0.15, 0.2) is 18.3 Å². The number of hydrogen-bond acceptors (Lipinski definition) is 2. The van der Waals surface area contributed by atoms with Gasteiger partial charge in [-0.25, -0.2) is 0 Å². The van der Waals surface area contributed by atoms with Crippen molar-refractivity contribution < 1.29 is 5.11 Å². The topological polar surface area (TPSA) is 48.9 Å². The highest BCUT2D eigenvalue weighted by molar-refractivity contribution is 6.31. The Labute approximate surface area is 104 Å². The van der Waals surface area contributed by atoms with Gasteiger partial charge in [-0.2, -0.15) is 5.10 Å². The van der Waals surface area contributed by atoms with Crippen molar-refractivity contribution in [2.45, 2.75) is 31.3 Å². The predicted molar refractivity (Wildman–Crippen MR) is 65.9 cm³/mol. The molecule has 1 spiro atoms. The molecule has 2 N–H and O–H groups in total. The Kier molecular flexibility index (Phi) is 1.66. The molecule has 1 aromatic carbocycles. The van der Waals surface area contributed by atoms with E-state index < -0.39 is 5.60 Å². The second kappa shape index (κ2) is 2.85. The molecule has 0 radical (unpaired) electrons. The van der Waals surface area contributed by atoms with Crippen molar-refractivity contribution in [2.24, 2.45) is 5.41 Å². The minimum atomic E-state index is -0.691. The van der Waals surface area contributed by atoms with Gasteiger partial charge in [0.05, 0.1) is 17.3 Å². The summed E-state index contributed by atoms with van der Waals surface area (Å²) in [6, 6.07) is 3.73. The van der Waals surface area contributed by atoms with Gasteiger partial charge in [-0.05, 0) is 48.8 Å². The fourth-order valence-corrected chi connectivity index (χ4v) is 3.53. The summed E-state index contributed by atoms with van der Waals surface area (Å²) in [5.74, 6) is 0. The monoisotopic (exact) mass is 248 g/mol. The third kappa shape index (κ3) is 1.30. The third-order valence-corrected chi connectivity index (χ3v) is 4.54. The largest absolute Gasteiger partial charge is 0.385 e. The summed E-state index contributed by atoms with van der Waals surface area (Å²) >= 11 is 6.10. The molecule has 2 fully saturated rings. The molecule has 0 amide bonds. The van der Waals surface area contributed by atoms with Gasteiger partial charge in [-0.15, -0.1) is 0 Å². The van der Waals surface area contributed by atoms with Crippen molar-refractivity contribution in [2.75, 3.05) is 0 Å². The van der Waals surface area contributed by atoms with Gasteiger partial charge in [-0.1, -0.05) is 11.6 Å². The number of aliphatic hydroxyl groups is 1. The minimum absolute atomic E-state index is 0.452. The number of rotatable bonds is 1. The Balaban J connectivity index is 1.87. The van der Waals surface area contributed by atoms with Crippen molar-refractivity contribution >= 4 is 22.5 Å². The molecule has 0 aliphatic heterocycles. The Bertz CT molecular complexity index is 607. The van der Waals surface area contributed by atoms with Crippen LogP contribution in [0.4, 0.5) is 0 Å². The first-order chi connectivity index (χ1) is 8.10. The number of fused-ring (bicyclic) bond motifs is 1. The Morgan fingerprint density at radius 1 is 1.29 bits per heavy atom. The zero-order chi connectivity index (χ0) is 11.7. The summed E-state index contributed by atoms with van der Waals surface area (Å²) in [6.07, 6.45) is 6.06. The van der Waals surface area contributed by atoms with Gasteiger partial charge in [-0.3, -0.25) is 5.10 Å². The zero-order valence-electron chi connectivity index (χ0n) is 9.33. The molecule has 2 aromatic rings. The van der Waals surface area contributed by atoms with Crippen LogP contribution in [0.5, 0.6) is 0 Å². The van der Waals surface area contributed by atoms with E-state index in [-0.39, 0.29) is 0 Å². The van der Waals surface area contributed by atoms with E-state index in [1.165, 1.54) is 12.8 Å². The van der Waals surface area contributed by atoms with Crippen LogP contribution in [0.25, 0.3) is 10.9 Å². The second-order valence-electron chi connectivity index (χ2n) is 5.67. The first-order valence-corrected chi connectivity index (χ1v) is 6.34. The summed E-state index contributed by atoms with van der Waals surface area (Å²) in [5.41, 5.74) is 1.60. The van der Waals surface area contributed by atoms with Crippen LogP contribution in [0.1, 0.15) is 31.2 Å². The Morgan fingerprint density at radius 2 is 2.06 bits per heavy atom. The van der Waals surface area contributed by atoms with Crippen LogP contribution in [-0.2, 0) is 5.60 Å². The summed E-state index contributed by atoms with van der Waals surface area (Å²) in [4.78, 5) is 0. The van der Waals surface area contributed by atoms with Crippen LogP contribution in [0.2, 0.25) is 5.02 Å². The summed E-state index contributed by atoms with van der Waals surface area (Å²) in [5, 5.41) is 19.3. The highest BCUT2D eigenvalue weighted by atomic mass is 35.5. The van der Waals surface area contributed by atoms with Crippen LogP contribution >= 0.6 is 11.6 Å². The lowest BCUT2D eigenvalue weighted by Crippen LogP contribution is -2.42. The van der Waals surface area contributed by atoms with Crippen molar-refractivity contribution in [3.8, 4) is 0 Å². The van der Waals surface area contributed by atoms with Gasteiger partial charge >= 0.3 is 0 Å². The number of aromatic nitrogens is 2. The average molecular weight is 249 g/mol. The maximum absolute atomic E-state index is 10.7. The van der Waals surface area contributed by atoms with Crippen LogP contribution in [0, 0.1) is 5.41 Å². The molecule has 1 heterocycles. The normalized spacial score (nSPS) is 23.9. The number of halogens is 1. The lowest BCUT2D eigenvalue weighted by molar-refractivity contribution is -0.0905. The fourth-order valence-electron chi connectivity index (χ4n) is 3.31. The molecule has 0 bridgehead atoms. The maximum Gasteiger partial charge on any atom is 0.0914 e. The quantitative estimate of drug-likeness (QED) is 0.815. The van der Waals surface area contributed by atoms with E-state index in [1.54, 1.807) is 6.20 Å². The van der Waals surface area contributed by atoms with E-state index in [2.05, 4.69) is 10.2 Å². The molecule has 2 saturated carbocycles. The SMILES string of the molecule is OC1(c2cc(Cl)cc3[nH]ncc23)CC2(CC2)C1. The maximum atomic E-state index is 10.7. The molecule has 2 aliphatic carbocycles. The van der Waals surface area contributed by atoms with Crippen molar-refractivity contribution in [3.05, 3.63) is 28.9 Å². The molecular weight excluding hydrogens is 236 g/mol. The number of aromatic amines is 1. The van der Waals surface area contributed by atoms with E-state index in [4.69, 9.17) is 11.6 Å². The number of H-pyrrole nitrogens is 1. The van der Waals surface area contributed by atoms with Gasteiger partial charge in [0.25, 0.3) is 0 Å². The van der Waals surface area contributed by atoms with E-state index in [0.717, 1.165) is 29.3 Å². The molecule has 88 valence electrons. The first-order valence-electron chi connectivity index (χ1n) is 5.96. The summed E-state index contributed by atoms with van der Waals surface area (Å²) in [6.45, 7) is 0. The number of benzene rings is 1. The van der Waals surface area contributed by atoms with Crippen molar-refractivity contribution in [1.82, 2.24) is 10.2 Å².